The minimum absolute atomic E-state index is 0.396. The second-order valence-electron chi connectivity index (χ2n) is 1.71. The summed E-state index contributed by atoms with van der Waals surface area (Å²) in [5.41, 5.74) is 0. The molecule has 1 nitrogen and oxygen atoms in total. The van der Waals surface area contributed by atoms with Crippen LogP contribution >= 0.6 is 0 Å². The molecule has 0 aliphatic rings. The average Bonchev–Trinajstić information content (AvgIpc) is 1.35. The van der Waals surface area contributed by atoms with Gasteiger partial charge in [0.05, 0.1) is 0 Å². The molecular weight excluding hydrogens is 139 g/mol. The molecule has 0 rings (SSSR count). The summed E-state index contributed by atoms with van der Waals surface area (Å²) in [6.45, 7) is 3.80. The quantitative estimate of drug-likeness (QED) is 0.510. The Labute approximate surface area is 47.2 Å². The summed E-state index contributed by atoms with van der Waals surface area (Å²) in [7, 11) is 0. The molecule has 0 saturated heterocycles. The molecule has 2 heteroatoms. The Morgan fingerprint density at radius 2 is 2.00 bits per heavy atom. The first-order valence-electron chi connectivity index (χ1n) is 2.07. The molecule has 0 amide bonds. The van der Waals surface area contributed by atoms with Crippen molar-refractivity contribution in [2.75, 3.05) is 0 Å². The number of hydrogen-bond acceptors (Lipinski definition) is 1. The van der Waals surface area contributed by atoms with E-state index in [1.165, 1.54) is 16.9 Å². The van der Waals surface area contributed by atoms with Crippen LogP contribution in [0.5, 0.6) is 0 Å². The predicted octanol–water partition coefficient (Wildman–Crippen LogP) is -0.262. The van der Waals surface area contributed by atoms with Gasteiger partial charge in [-0.25, -0.2) is 0 Å². The van der Waals surface area contributed by atoms with Crippen molar-refractivity contribution in [2.45, 2.75) is 24.7 Å². The Morgan fingerprint density at radius 3 is 2.00 bits per heavy atom. The van der Waals surface area contributed by atoms with E-state index in [0.29, 0.717) is 0 Å². The minimum atomic E-state index is -0.396. The van der Waals surface area contributed by atoms with Gasteiger partial charge in [0.1, 0.15) is 0 Å². The van der Waals surface area contributed by atoms with Gasteiger partial charge >= 0.3 is 46.6 Å². The van der Waals surface area contributed by atoms with Gasteiger partial charge in [0.2, 0.25) is 0 Å². The molecule has 38 valence electrons. The number of hydrogen-bond donors (Lipinski definition) is 1. The molecule has 0 heterocycles. The van der Waals surface area contributed by atoms with Gasteiger partial charge in [0.25, 0.3) is 0 Å². The molecule has 6 heavy (non-hydrogen) atoms. The van der Waals surface area contributed by atoms with Crippen molar-refractivity contribution >= 4 is 16.9 Å². The van der Waals surface area contributed by atoms with Gasteiger partial charge < -0.3 is 0 Å². The third-order valence-electron chi connectivity index (χ3n) is 0.716. The molecule has 0 spiro atoms. The van der Waals surface area contributed by atoms with E-state index in [1.807, 2.05) is 13.8 Å². The van der Waals surface area contributed by atoms with Crippen molar-refractivity contribution in [2.24, 2.45) is 0 Å². The maximum atomic E-state index is 8.85. The second-order valence-corrected chi connectivity index (χ2v) is 4.32. The molecule has 2 unspecified atom stereocenters. The van der Waals surface area contributed by atoms with E-state index in [4.69, 9.17) is 5.11 Å². The summed E-state index contributed by atoms with van der Waals surface area (Å²) in [6.07, 6.45) is 0.854. The molecule has 0 bridgehead atoms. The SMILES string of the molecule is CCC(C)(O)[AsH2]. The number of aliphatic hydroxyl groups is 1. The van der Waals surface area contributed by atoms with Crippen molar-refractivity contribution in [3.8, 4) is 0 Å². The van der Waals surface area contributed by atoms with Crippen molar-refractivity contribution in [3.63, 3.8) is 0 Å². The standard InChI is InChI=1S/C4H11AsO/c1-3-4(2,5)6/h6H,3,5H2,1-2H3. The van der Waals surface area contributed by atoms with Gasteiger partial charge in [-0.1, -0.05) is 0 Å². The molecule has 0 aromatic rings. The Bertz CT molecular complexity index is 37.3. The van der Waals surface area contributed by atoms with Crippen LogP contribution in [0.1, 0.15) is 20.3 Å². The van der Waals surface area contributed by atoms with Gasteiger partial charge in [0.15, 0.2) is 0 Å². The van der Waals surface area contributed by atoms with E-state index in [-0.39, 0.29) is 0 Å². The van der Waals surface area contributed by atoms with E-state index in [2.05, 4.69) is 0 Å². The predicted molar refractivity (Wildman–Crippen MR) is 29.5 cm³/mol. The summed E-state index contributed by atoms with van der Waals surface area (Å²) < 4.78 is -0.396. The second kappa shape index (κ2) is 1.99. The zero-order valence-corrected chi connectivity index (χ0v) is 6.65. The normalized spacial score (nSPS) is 20.0. The average molecular weight is 150 g/mol. The first-order valence-corrected chi connectivity index (χ1v) is 3.28. The van der Waals surface area contributed by atoms with Gasteiger partial charge in [0, 0.05) is 0 Å². The Kier molecular flexibility index (Phi) is 2.17. The zero-order valence-electron chi connectivity index (χ0n) is 4.23. The van der Waals surface area contributed by atoms with E-state index in [0.717, 1.165) is 6.42 Å². The van der Waals surface area contributed by atoms with Crippen LogP contribution in [-0.2, 0) is 0 Å². The topological polar surface area (TPSA) is 20.2 Å². The van der Waals surface area contributed by atoms with E-state index in [1.54, 1.807) is 0 Å². The first kappa shape index (κ1) is 6.52. The van der Waals surface area contributed by atoms with Crippen LogP contribution in [0.25, 0.3) is 0 Å². The van der Waals surface area contributed by atoms with Gasteiger partial charge in [-0.2, -0.15) is 0 Å². The summed E-state index contributed by atoms with van der Waals surface area (Å²) in [6, 6.07) is 0. The van der Waals surface area contributed by atoms with Crippen molar-refractivity contribution in [1.29, 1.82) is 0 Å². The van der Waals surface area contributed by atoms with Crippen LogP contribution < -0.4 is 0 Å². The summed E-state index contributed by atoms with van der Waals surface area (Å²) >= 11 is 1.39. The third kappa shape index (κ3) is 4.52. The zero-order chi connectivity index (χ0) is 5.21. The molecule has 0 fully saturated rings. The molecule has 0 radical (unpaired) electrons. The van der Waals surface area contributed by atoms with Crippen molar-refractivity contribution < 1.29 is 5.11 Å². The first-order chi connectivity index (χ1) is 2.56. The molecule has 0 aliphatic carbocycles. The molecule has 1 N–H and O–H groups in total. The summed E-state index contributed by atoms with van der Waals surface area (Å²) in [5.74, 6) is 0. The van der Waals surface area contributed by atoms with Gasteiger partial charge in [-0.15, -0.1) is 0 Å². The molecule has 2 atom stereocenters. The molecule has 0 aromatic heterocycles. The van der Waals surface area contributed by atoms with Crippen LogP contribution in [0.2, 0.25) is 0 Å². The van der Waals surface area contributed by atoms with E-state index < -0.39 is 4.39 Å². The van der Waals surface area contributed by atoms with Crippen LogP contribution in [0.15, 0.2) is 0 Å². The van der Waals surface area contributed by atoms with E-state index in [9.17, 15) is 0 Å². The maximum absolute atomic E-state index is 8.85. The molecule has 0 saturated carbocycles. The molecule has 0 aromatic carbocycles. The Balaban J connectivity index is 3.17. The van der Waals surface area contributed by atoms with Gasteiger partial charge in [-0.05, 0) is 0 Å². The molecular formula is C4H11AsO. The number of rotatable bonds is 1. The third-order valence-corrected chi connectivity index (χ3v) is 1.57. The van der Waals surface area contributed by atoms with Crippen LogP contribution in [0.3, 0.4) is 0 Å². The Morgan fingerprint density at radius 1 is 1.83 bits per heavy atom. The summed E-state index contributed by atoms with van der Waals surface area (Å²) in [5, 5.41) is 8.85. The Hall–Kier alpha value is 0.518. The fraction of sp³-hybridized carbons (Fsp3) is 1.00. The van der Waals surface area contributed by atoms with Crippen LogP contribution in [0, 0.1) is 0 Å². The summed E-state index contributed by atoms with van der Waals surface area (Å²) in [4.78, 5) is 0. The monoisotopic (exact) mass is 150 g/mol. The molecule has 0 aliphatic heterocycles. The fourth-order valence-electron chi connectivity index (χ4n) is 0. The van der Waals surface area contributed by atoms with Gasteiger partial charge in [-0.3, -0.25) is 0 Å². The van der Waals surface area contributed by atoms with Crippen LogP contribution in [0.4, 0.5) is 0 Å². The van der Waals surface area contributed by atoms with Crippen molar-refractivity contribution in [1.82, 2.24) is 0 Å². The fourth-order valence-corrected chi connectivity index (χ4v) is 0. The van der Waals surface area contributed by atoms with E-state index >= 15 is 0 Å². The van der Waals surface area contributed by atoms with Crippen LogP contribution in [-0.4, -0.2) is 26.3 Å². The van der Waals surface area contributed by atoms with Crippen molar-refractivity contribution in [3.05, 3.63) is 0 Å².